The Morgan fingerprint density at radius 3 is 2.60 bits per heavy atom. The minimum Gasteiger partial charge on any atom is -0.477 e. The average molecular weight is 208 g/mol. The number of aromatic carboxylic acids is 1. The summed E-state index contributed by atoms with van der Waals surface area (Å²) in [4.78, 5) is 25.7. The van der Waals surface area contributed by atoms with Crippen LogP contribution in [0.25, 0.3) is 0 Å². The zero-order chi connectivity index (χ0) is 11.4. The summed E-state index contributed by atoms with van der Waals surface area (Å²) in [6.07, 6.45) is 0. The molecule has 0 atom stereocenters. The molecule has 0 saturated heterocycles. The number of hydrogen-bond donors (Lipinski definition) is 2. The fraction of sp³-hybridized carbons (Fsp3) is 0.300. The van der Waals surface area contributed by atoms with Crippen LogP contribution in [0.2, 0.25) is 0 Å². The molecule has 1 rings (SSSR count). The SMILES string of the molecule is CC(C)C(=O)Nc1cccc(C(=O)O)n1. The van der Waals surface area contributed by atoms with Gasteiger partial charge in [-0.05, 0) is 12.1 Å². The summed E-state index contributed by atoms with van der Waals surface area (Å²) < 4.78 is 0. The number of pyridine rings is 1. The van der Waals surface area contributed by atoms with E-state index in [1.807, 2.05) is 0 Å². The van der Waals surface area contributed by atoms with E-state index in [4.69, 9.17) is 5.11 Å². The van der Waals surface area contributed by atoms with Crippen molar-refractivity contribution in [1.29, 1.82) is 0 Å². The van der Waals surface area contributed by atoms with Gasteiger partial charge in [0.25, 0.3) is 0 Å². The third-order valence-electron chi connectivity index (χ3n) is 1.74. The van der Waals surface area contributed by atoms with Gasteiger partial charge < -0.3 is 10.4 Å². The second-order valence-electron chi connectivity index (χ2n) is 3.36. The highest BCUT2D eigenvalue weighted by molar-refractivity contribution is 5.92. The smallest absolute Gasteiger partial charge is 0.354 e. The quantitative estimate of drug-likeness (QED) is 0.786. The Balaban J connectivity index is 2.83. The fourth-order valence-corrected chi connectivity index (χ4v) is 0.894. The molecule has 0 spiro atoms. The summed E-state index contributed by atoms with van der Waals surface area (Å²) in [5.41, 5.74) is -0.0865. The molecule has 1 aromatic heterocycles. The first-order chi connectivity index (χ1) is 7.00. The largest absolute Gasteiger partial charge is 0.477 e. The molecule has 0 fully saturated rings. The summed E-state index contributed by atoms with van der Waals surface area (Å²) in [7, 11) is 0. The van der Waals surface area contributed by atoms with Gasteiger partial charge in [0.05, 0.1) is 0 Å². The molecule has 15 heavy (non-hydrogen) atoms. The fourth-order valence-electron chi connectivity index (χ4n) is 0.894. The topological polar surface area (TPSA) is 79.3 Å². The number of rotatable bonds is 3. The molecule has 5 heteroatoms. The Kier molecular flexibility index (Phi) is 3.38. The molecule has 0 unspecified atom stereocenters. The third-order valence-corrected chi connectivity index (χ3v) is 1.74. The van der Waals surface area contributed by atoms with E-state index in [9.17, 15) is 9.59 Å². The standard InChI is InChI=1S/C10H12N2O3/c1-6(2)9(13)12-8-5-3-4-7(11-8)10(14)15/h3-6H,1-2H3,(H,14,15)(H,11,12,13). The summed E-state index contributed by atoms with van der Waals surface area (Å²) in [6.45, 7) is 3.49. The van der Waals surface area contributed by atoms with E-state index in [2.05, 4.69) is 10.3 Å². The van der Waals surface area contributed by atoms with Crippen molar-refractivity contribution in [2.24, 2.45) is 5.92 Å². The minimum atomic E-state index is -1.12. The highest BCUT2D eigenvalue weighted by Crippen LogP contribution is 2.06. The zero-order valence-electron chi connectivity index (χ0n) is 8.52. The number of nitrogens with one attached hydrogen (secondary N) is 1. The highest BCUT2D eigenvalue weighted by Gasteiger charge is 2.09. The number of amides is 1. The number of hydrogen-bond acceptors (Lipinski definition) is 3. The Morgan fingerprint density at radius 1 is 1.40 bits per heavy atom. The van der Waals surface area contributed by atoms with E-state index >= 15 is 0 Å². The van der Waals surface area contributed by atoms with Crippen LogP contribution in [0.1, 0.15) is 24.3 Å². The second kappa shape index (κ2) is 4.54. The van der Waals surface area contributed by atoms with Crippen LogP contribution in [-0.2, 0) is 4.79 Å². The normalized spacial score (nSPS) is 10.1. The molecule has 0 aliphatic carbocycles. The van der Waals surface area contributed by atoms with Crippen molar-refractivity contribution in [3.8, 4) is 0 Å². The van der Waals surface area contributed by atoms with Crippen molar-refractivity contribution in [3.63, 3.8) is 0 Å². The van der Waals surface area contributed by atoms with E-state index in [-0.39, 0.29) is 23.3 Å². The monoisotopic (exact) mass is 208 g/mol. The highest BCUT2D eigenvalue weighted by atomic mass is 16.4. The first-order valence-electron chi connectivity index (χ1n) is 4.52. The Hall–Kier alpha value is -1.91. The number of carbonyl (C=O) groups excluding carboxylic acids is 1. The molecule has 1 heterocycles. The molecule has 80 valence electrons. The lowest BCUT2D eigenvalue weighted by Crippen LogP contribution is -2.19. The van der Waals surface area contributed by atoms with Gasteiger partial charge in [-0.2, -0.15) is 0 Å². The molecule has 1 amide bonds. The number of carbonyl (C=O) groups is 2. The second-order valence-corrected chi connectivity index (χ2v) is 3.36. The maximum Gasteiger partial charge on any atom is 0.354 e. The first kappa shape index (κ1) is 11.2. The molecule has 0 aliphatic heterocycles. The predicted octanol–water partition coefficient (Wildman–Crippen LogP) is 1.37. The number of aromatic nitrogens is 1. The Bertz CT molecular complexity index is 388. The number of nitrogens with zero attached hydrogens (tertiary/aromatic N) is 1. The third kappa shape index (κ3) is 3.05. The maximum absolute atomic E-state index is 11.3. The lowest BCUT2D eigenvalue weighted by atomic mass is 10.2. The van der Waals surface area contributed by atoms with Gasteiger partial charge in [-0.3, -0.25) is 4.79 Å². The van der Waals surface area contributed by atoms with Gasteiger partial charge in [0.2, 0.25) is 5.91 Å². The number of carboxylic acid groups (broad SMARTS) is 1. The van der Waals surface area contributed by atoms with Crippen molar-refractivity contribution in [3.05, 3.63) is 23.9 Å². The molecule has 0 aliphatic rings. The molecule has 1 aromatic rings. The lowest BCUT2D eigenvalue weighted by Gasteiger charge is -2.06. The number of anilines is 1. The van der Waals surface area contributed by atoms with E-state index in [1.165, 1.54) is 12.1 Å². The zero-order valence-corrected chi connectivity index (χ0v) is 8.52. The van der Waals surface area contributed by atoms with E-state index in [0.717, 1.165) is 0 Å². The van der Waals surface area contributed by atoms with E-state index in [1.54, 1.807) is 19.9 Å². The predicted molar refractivity (Wildman–Crippen MR) is 54.7 cm³/mol. The summed E-state index contributed by atoms with van der Waals surface area (Å²) in [5.74, 6) is -1.21. The molecule has 0 aromatic carbocycles. The van der Waals surface area contributed by atoms with Crippen LogP contribution in [0.5, 0.6) is 0 Å². The van der Waals surface area contributed by atoms with Crippen molar-refractivity contribution in [1.82, 2.24) is 4.98 Å². The van der Waals surface area contributed by atoms with Crippen LogP contribution in [-0.4, -0.2) is 22.0 Å². The van der Waals surface area contributed by atoms with Crippen molar-refractivity contribution in [2.75, 3.05) is 5.32 Å². The number of carboxylic acids is 1. The molecule has 0 bridgehead atoms. The molecule has 0 radical (unpaired) electrons. The van der Waals surface area contributed by atoms with E-state index in [0.29, 0.717) is 0 Å². The van der Waals surface area contributed by atoms with Gasteiger partial charge >= 0.3 is 5.97 Å². The van der Waals surface area contributed by atoms with Gasteiger partial charge in [-0.1, -0.05) is 19.9 Å². The minimum absolute atomic E-state index is 0.0865. The van der Waals surface area contributed by atoms with Crippen LogP contribution >= 0.6 is 0 Å². The van der Waals surface area contributed by atoms with Gasteiger partial charge in [0.1, 0.15) is 5.82 Å². The van der Waals surface area contributed by atoms with E-state index < -0.39 is 5.97 Å². The van der Waals surface area contributed by atoms with Crippen LogP contribution in [0, 0.1) is 5.92 Å². The Morgan fingerprint density at radius 2 is 2.07 bits per heavy atom. The lowest BCUT2D eigenvalue weighted by molar-refractivity contribution is -0.118. The van der Waals surface area contributed by atoms with Gasteiger partial charge in [-0.15, -0.1) is 0 Å². The summed E-state index contributed by atoms with van der Waals surface area (Å²) in [5, 5.41) is 11.2. The molecule has 2 N–H and O–H groups in total. The molecular weight excluding hydrogens is 196 g/mol. The first-order valence-corrected chi connectivity index (χ1v) is 4.52. The van der Waals surface area contributed by atoms with Crippen molar-refractivity contribution in [2.45, 2.75) is 13.8 Å². The molecule has 5 nitrogen and oxygen atoms in total. The van der Waals surface area contributed by atoms with Gasteiger partial charge in [-0.25, -0.2) is 9.78 Å². The Labute approximate surface area is 87.1 Å². The molecular formula is C10H12N2O3. The maximum atomic E-state index is 11.3. The average Bonchev–Trinajstić information content (AvgIpc) is 2.18. The van der Waals surface area contributed by atoms with Crippen LogP contribution in [0.4, 0.5) is 5.82 Å². The van der Waals surface area contributed by atoms with Crippen molar-refractivity contribution >= 4 is 17.7 Å². The summed E-state index contributed by atoms with van der Waals surface area (Å²) >= 11 is 0. The summed E-state index contributed by atoms with van der Waals surface area (Å²) in [6, 6.07) is 4.45. The van der Waals surface area contributed by atoms with Crippen LogP contribution in [0.3, 0.4) is 0 Å². The van der Waals surface area contributed by atoms with Crippen molar-refractivity contribution < 1.29 is 14.7 Å². The van der Waals surface area contributed by atoms with Gasteiger partial charge in [0, 0.05) is 5.92 Å². The van der Waals surface area contributed by atoms with Crippen LogP contribution in [0.15, 0.2) is 18.2 Å². The van der Waals surface area contributed by atoms with Crippen LogP contribution < -0.4 is 5.32 Å². The molecule has 0 saturated carbocycles. The van der Waals surface area contributed by atoms with Gasteiger partial charge in [0.15, 0.2) is 5.69 Å².